The number of anilines is 2. The van der Waals surface area contributed by atoms with Crippen LogP contribution in [0.3, 0.4) is 0 Å². The van der Waals surface area contributed by atoms with E-state index in [9.17, 15) is 0 Å². The molecule has 1 fully saturated rings. The van der Waals surface area contributed by atoms with Crippen molar-refractivity contribution in [3.05, 3.63) is 10.7 Å². The van der Waals surface area contributed by atoms with Crippen molar-refractivity contribution in [3.63, 3.8) is 0 Å². The molecule has 4 nitrogen and oxygen atoms in total. The molecule has 1 aliphatic rings. The minimum atomic E-state index is 0.650. The summed E-state index contributed by atoms with van der Waals surface area (Å²) < 4.78 is 0.920. The Balaban J connectivity index is 1.79. The lowest BCUT2D eigenvalue weighted by Crippen LogP contribution is -2.16. The Morgan fingerprint density at radius 1 is 1.32 bits per heavy atom. The summed E-state index contributed by atoms with van der Waals surface area (Å²) in [7, 11) is 1.83. The third-order valence-corrected chi connectivity index (χ3v) is 4.53. The van der Waals surface area contributed by atoms with E-state index < -0.39 is 0 Å². The van der Waals surface area contributed by atoms with Gasteiger partial charge in [-0.25, -0.2) is 4.98 Å². The fourth-order valence-corrected chi connectivity index (χ4v) is 2.96. The first-order valence-corrected chi connectivity index (χ1v) is 7.92. The zero-order valence-electron chi connectivity index (χ0n) is 11.7. The van der Waals surface area contributed by atoms with Crippen LogP contribution < -0.4 is 10.6 Å². The molecule has 0 atom stereocenters. The van der Waals surface area contributed by atoms with Gasteiger partial charge < -0.3 is 10.6 Å². The van der Waals surface area contributed by atoms with Crippen molar-refractivity contribution < 1.29 is 0 Å². The smallest absolute Gasteiger partial charge is 0.224 e. The summed E-state index contributed by atoms with van der Waals surface area (Å²) in [6, 6.07) is 0. The number of nitrogens with zero attached hydrogens (tertiary/aromatic N) is 2. The van der Waals surface area contributed by atoms with E-state index in [-0.39, 0.29) is 0 Å². The summed E-state index contributed by atoms with van der Waals surface area (Å²) in [6.45, 7) is 3.35. The molecule has 0 bridgehead atoms. The van der Waals surface area contributed by atoms with Gasteiger partial charge in [0.2, 0.25) is 5.95 Å². The van der Waals surface area contributed by atoms with Gasteiger partial charge in [0.25, 0.3) is 0 Å². The van der Waals surface area contributed by atoms with Crippen LogP contribution in [0.25, 0.3) is 0 Å². The molecule has 2 rings (SSSR count). The van der Waals surface area contributed by atoms with E-state index in [1.54, 1.807) is 6.20 Å². The van der Waals surface area contributed by atoms with E-state index in [0.29, 0.717) is 5.95 Å². The number of hydrogen-bond acceptors (Lipinski definition) is 4. The van der Waals surface area contributed by atoms with E-state index in [1.807, 2.05) is 7.05 Å². The van der Waals surface area contributed by atoms with E-state index >= 15 is 0 Å². The van der Waals surface area contributed by atoms with Crippen LogP contribution in [0.1, 0.15) is 39.0 Å². The minimum absolute atomic E-state index is 0.650. The van der Waals surface area contributed by atoms with E-state index in [0.717, 1.165) is 28.7 Å². The van der Waals surface area contributed by atoms with E-state index in [1.165, 1.54) is 32.1 Å². The molecular formula is C14H23BrN4. The zero-order valence-corrected chi connectivity index (χ0v) is 13.3. The van der Waals surface area contributed by atoms with Crippen LogP contribution in [0.15, 0.2) is 10.7 Å². The second-order valence-corrected chi connectivity index (χ2v) is 6.34. The number of hydrogen-bond donors (Lipinski definition) is 2. The normalized spacial score (nSPS) is 23.1. The Kier molecular flexibility index (Phi) is 5.43. The third-order valence-electron chi connectivity index (χ3n) is 3.95. The van der Waals surface area contributed by atoms with Crippen molar-refractivity contribution in [1.82, 2.24) is 9.97 Å². The minimum Gasteiger partial charge on any atom is -0.369 e. The highest BCUT2D eigenvalue weighted by molar-refractivity contribution is 9.10. The third kappa shape index (κ3) is 4.34. The van der Waals surface area contributed by atoms with E-state index in [2.05, 4.69) is 43.5 Å². The lowest BCUT2D eigenvalue weighted by atomic mass is 9.81. The highest BCUT2D eigenvalue weighted by Crippen LogP contribution is 2.30. The lowest BCUT2D eigenvalue weighted by molar-refractivity contribution is 0.282. The van der Waals surface area contributed by atoms with Gasteiger partial charge in [-0.1, -0.05) is 32.6 Å². The van der Waals surface area contributed by atoms with Crippen molar-refractivity contribution in [3.8, 4) is 0 Å². The first-order valence-electron chi connectivity index (χ1n) is 7.13. The summed E-state index contributed by atoms with van der Waals surface area (Å²) >= 11 is 3.48. The van der Waals surface area contributed by atoms with Gasteiger partial charge in [-0.2, -0.15) is 4.98 Å². The average Bonchev–Trinajstić information content (AvgIpc) is 2.43. The van der Waals surface area contributed by atoms with Crippen LogP contribution in [0, 0.1) is 11.8 Å². The maximum Gasteiger partial charge on any atom is 0.224 e. The molecule has 1 saturated carbocycles. The molecule has 19 heavy (non-hydrogen) atoms. The summed E-state index contributed by atoms with van der Waals surface area (Å²) in [5.74, 6) is 3.34. The van der Waals surface area contributed by atoms with Gasteiger partial charge in [0.05, 0.1) is 4.47 Å². The molecule has 0 radical (unpaired) electrons. The van der Waals surface area contributed by atoms with Crippen LogP contribution in [0.2, 0.25) is 0 Å². The highest BCUT2D eigenvalue weighted by Gasteiger charge is 2.17. The Labute approximate surface area is 123 Å². The molecule has 0 saturated heterocycles. The molecule has 1 heterocycles. The molecule has 106 valence electrons. The number of nitrogens with one attached hydrogen (secondary N) is 2. The molecule has 0 aromatic carbocycles. The monoisotopic (exact) mass is 326 g/mol. The van der Waals surface area contributed by atoms with Crippen molar-refractivity contribution in [1.29, 1.82) is 0 Å². The second kappa shape index (κ2) is 7.08. The number of rotatable bonds is 5. The van der Waals surface area contributed by atoms with Gasteiger partial charge in [-0.15, -0.1) is 0 Å². The van der Waals surface area contributed by atoms with Crippen molar-refractivity contribution in [2.24, 2.45) is 11.8 Å². The van der Waals surface area contributed by atoms with Gasteiger partial charge in [0.1, 0.15) is 5.82 Å². The fourth-order valence-electron chi connectivity index (χ4n) is 2.62. The number of halogens is 1. The Morgan fingerprint density at radius 2 is 2.05 bits per heavy atom. The molecule has 0 unspecified atom stereocenters. The fraction of sp³-hybridized carbons (Fsp3) is 0.714. The molecule has 0 spiro atoms. The lowest BCUT2D eigenvalue weighted by Gasteiger charge is -2.26. The molecule has 0 aliphatic heterocycles. The van der Waals surface area contributed by atoms with Crippen LogP contribution >= 0.6 is 15.9 Å². The van der Waals surface area contributed by atoms with Crippen molar-refractivity contribution >= 4 is 27.7 Å². The molecule has 0 amide bonds. The highest BCUT2D eigenvalue weighted by atomic mass is 79.9. The van der Waals surface area contributed by atoms with Gasteiger partial charge in [0, 0.05) is 19.8 Å². The van der Waals surface area contributed by atoms with Gasteiger partial charge in [-0.3, -0.25) is 0 Å². The Bertz CT molecular complexity index is 402. The average molecular weight is 327 g/mol. The van der Waals surface area contributed by atoms with Crippen molar-refractivity contribution in [2.45, 2.75) is 39.0 Å². The van der Waals surface area contributed by atoms with Gasteiger partial charge >= 0.3 is 0 Å². The molecule has 2 N–H and O–H groups in total. The van der Waals surface area contributed by atoms with Crippen LogP contribution in [0.5, 0.6) is 0 Å². The first kappa shape index (κ1) is 14.6. The Morgan fingerprint density at radius 3 is 2.74 bits per heavy atom. The largest absolute Gasteiger partial charge is 0.369 e. The van der Waals surface area contributed by atoms with Crippen LogP contribution in [0.4, 0.5) is 11.8 Å². The molecule has 1 aromatic rings. The second-order valence-electron chi connectivity index (χ2n) is 5.48. The zero-order chi connectivity index (χ0) is 13.7. The maximum absolute atomic E-state index is 4.41. The predicted octanol–water partition coefficient (Wildman–Crippen LogP) is 3.91. The molecule has 5 heteroatoms. The summed E-state index contributed by atoms with van der Waals surface area (Å²) in [4.78, 5) is 8.56. The van der Waals surface area contributed by atoms with Gasteiger partial charge in [-0.05, 0) is 34.2 Å². The van der Waals surface area contributed by atoms with Gasteiger partial charge in [0.15, 0.2) is 0 Å². The van der Waals surface area contributed by atoms with E-state index in [4.69, 9.17) is 0 Å². The quantitative estimate of drug-likeness (QED) is 0.861. The molecule has 1 aliphatic carbocycles. The summed E-state index contributed by atoms with van der Waals surface area (Å²) in [5, 5.41) is 6.36. The number of aromatic nitrogens is 2. The summed E-state index contributed by atoms with van der Waals surface area (Å²) in [6.07, 6.45) is 8.57. The Hall–Kier alpha value is -0.840. The summed E-state index contributed by atoms with van der Waals surface area (Å²) in [5.41, 5.74) is 0. The topological polar surface area (TPSA) is 49.8 Å². The van der Waals surface area contributed by atoms with Crippen molar-refractivity contribution in [2.75, 3.05) is 24.2 Å². The standard InChI is InChI=1S/C14H23BrN4/c1-10-3-5-11(6-4-10)7-8-17-13-12(15)9-18-14(16-2)19-13/h9-11H,3-8H2,1-2H3,(H2,16,17,18,19). The maximum atomic E-state index is 4.41. The molecular weight excluding hydrogens is 304 g/mol. The molecule has 1 aromatic heterocycles. The first-order chi connectivity index (χ1) is 9.19. The predicted molar refractivity (Wildman–Crippen MR) is 83.5 cm³/mol. The SMILES string of the molecule is CNc1ncc(Br)c(NCCC2CCC(C)CC2)n1. The van der Waals surface area contributed by atoms with Crippen LogP contribution in [-0.2, 0) is 0 Å². The van der Waals surface area contributed by atoms with Crippen LogP contribution in [-0.4, -0.2) is 23.6 Å².